The lowest BCUT2D eigenvalue weighted by molar-refractivity contribution is -0.138. The van der Waals surface area contributed by atoms with Crippen molar-refractivity contribution >= 4 is 17.8 Å². The van der Waals surface area contributed by atoms with Crippen molar-refractivity contribution in [1.82, 2.24) is 4.98 Å². The molecule has 0 bridgehead atoms. The van der Waals surface area contributed by atoms with E-state index in [1.165, 1.54) is 13.2 Å². The molecule has 0 N–H and O–H groups in total. The zero-order valence-electron chi connectivity index (χ0n) is 10.1. The minimum absolute atomic E-state index is 0.0289. The summed E-state index contributed by atoms with van der Waals surface area (Å²) in [6, 6.07) is 5.27. The van der Waals surface area contributed by atoms with E-state index in [2.05, 4.69) is 9.72 Å². The van der Waals surface area contributed by atoms with Crippen LogP contribution in [0.15, 0.2) is 30.0 Å². The van der Waals surface area contributed by atoms with E-state index in [1.54, 1.807) is 38.2 Å². The lowest BCUT2D eigenvalue weighted by Gasteiger charge is -2.07. The Balaban J connectivity index is 3.11. The lowest BCUT2D eigenvalue weighted by atomic mass is 10.00. The van der Waals surface area contributed by atoms with Crippen LogP contribution in [0.4, 0.5) is 0 Å². The van der Waals surface area contributed by atoms with Gasteiger partial charge in [0.05, 0.1) is 12.8 Å². The molecule has 0 atom stereocenters. The van der Waals surface area contributed by atoms with Crippen molar-refractivity contribution in [3.05, 3.63) is 35.7 Å². The van der Waals surface area contributed by atoms with Crippen LogP contribution in [0.3, 0.4) is 0 Å². The third kappa shape index (κ3) is 3.52. The Morgan fingerprint density at radius 2 is 2.06 bits per heavy atom. The first-order valence-corrected chi connectivity index (χ1v) is 5.31. The van der Waals surface area contributed by atoms with Crippen LogP contribution in [-0.4, -0.2) is 23.8 Å². The van der Waals surface area contributed by atoms with Gasteiger partial charge < -0.3 is 4.74 Å². The van der Waals surface area contributed by atoms with E-state index in [4.69, 9.17) is 0 Å². The van der Waals surface area contributed by atoms with Gasteiger partial charge in [-0.3, -0.25) is 9.78 Å². The molecule has 0 fully saturated rings. The number of rotatable bonds is 4. The maximum Gasteiger partial charge on any atom is 0.341 e. The van der Waals surface area contributed by atoms with Crippen molar-refractivity contribution in [1.29, 1.82) is 0 Å². The van der Waals surface area contributed by atoms with Gasteiger partial charge in [0.2, 0.25) is 0 Å². The second-order valence-electron chi connectivity index (χ2n) is 3.82. The number of carbonyl (C=O) groups is 2. The van der Waals surface area contributed by atoms with Gasteiger partial charge in [0, 0.05) is 12.1 Å². The van der Waals surface area contributed by atoms with Crippen LogP contribution in [0.1, 0.15) is 19.5 Å². The van der Waals surface area contributed by atoms with Crippen molar-refractivity contribution < 1.29 is 14.3 Å². The maximum absolute atomic E-state index is 11.9. The minimum Gasteiger partial charge on any atom is -0.465 e. The third-order valence-electron chi connectivity index (χ3n) is 2.18. The van der Waals surface area contributed by atoms with Gasteiger partial charge in [0.1, 0.15) is 5.57 Å². The monoisotopic (exact) mass is 233 g/mol. The molecule has 1 rings (SSSR count). The number of hydrogen-bond donors (Lipinski definition) is 0. The quantitative estimate of drug-likeness (QED) is 0.345. The van der Waals surface area contributed by atoms with E-state index < -0.39 is 5.97 Å². The lowest BCUT2D eigenvalue weighted by Crippen LogP contribution is -2.18. The number of aromatic nitrogens is 1. The van der Waals surface area contributed by atoms with Crippen molar-refractivity contribution in [2.45, 2.75) is 13.8 Å². The highest BCUT2D eigenvalue weighted by molar-refractivity contribution is 6.21. The molecule has 0 aromatic carbocycles. The normalized spacial score (nSPS) is 11.4. The van der Waals surface area contributed by atoms with Crippen LogP contribution in [0.25, 0.3) is 6.08 Å². The summed E-state index contributed by atoms with van der Waals surface area (Å²) in [5.41, 5.74) is 0.586. The number of hydrogen-bond acceptors (Lipinski definition) is 4. The van der Waals surface area contributed by atoms with Gasteiger partial charge in [0.25, 0.3) is 0 Å². The Kier molecular flexibility index (Phi) is 4.57. The molecule has 4 nitrogen and oxygen atoms in total. The number of carbonyl (C=O) groups excluding carboxylic acids is 2. The summed E-state index contributed by atoms with van der Waals surface area (Å²) in [5.74, 6) is -1.14. The third-order valence-corrected chi connectivity index (χ3v) is 2.18. The van der Waals surface area contributed by atoms with E-state index in [0.717, 1.165) is 0 Å². The fourth-order valence-electron chi connectivity index (χ4n) is 1.26. The summed E-state index contributed by atoms with van der Waals surface area (Å²) in [7, 11) is 1.25. The number of ether oxygens (including phenoxy) is 1. The molecule has 1 aromatic rings. The van der Waals surface area contributed by atoms with E-state index in [-0.39, 0.29) is 17.3 Å². The van der Waals surface area contributed by atoms with Crippen molar-refractivity contribution in [3.8, 4) is 0 Å². The molecule has 0 radical (unpaired) electrons. The summed E-state index contributed by atoms with van der Waals surface area (Å²) in [5, 5.41) is 0. The van der Waals surface area contributed by atoms with Crippen LogP contribution in [0.2, 0.25) is 0 Å². The first-order chi connectivity index (χ1) is 8.06. The average molecular weight is 233 g/mol. The molecule has 0 spiro atoms. The number of methoxy groups -OCH3 is 1. The highest BCUT2D eigenvalue weighted by Crippen LogP contribution is 2.11. The molecule has 90 valence electrons. The molecule has 1 aromatic heterocycles. The van der Waals surface area contributed by atoms with E-state index in [1.807, 2.05) is 0 Å². The highest BCUT2D eigenvalue weighted by atomic mass is 16.5. The zero-order chi connectivity index (χ0) is 12.8. The molecule has 0 unspecified atom stereocenters. The number of Topliss-reactive ketones (excluding diaryl/α,β-unsaturated/α-hetero) is 1. The Hall–Kier alpha value is -1.97. The van der Waals surface area contributed by atoms with Crippen molar-refractivity contribution in [2.75, 3.05) is 7.11 Å². The molecule has 17 heavy (non-hydrogen) atoms. The van der Waals surface area contributed by atoms with Crippen LogP contribution in [-0.2, 0) is 14.3 Å². The zero-order valence-corrected chi connectivity index (χ0v) is 10.1. The number of nitrogens with zero attached hydrogens (tertiary/aromatic N) is 1. The van der Waals surface area contributed by atoms with Crippen molar-refractivity contribution in [3.63, 3.8) is 0 Å². The largest absolute Gasteiger partial charge is 0.465 e. The average Bonchev–Trinajstić information content (AvgIpc) is 2.35. The molecular formula is C13H15NO3. The predicted molar refractivity (Wildman–Crippen MR) is 64.1 cm³/mol. The fraction of sp³-hybridized carbons (Fsp3) is 0.308. The standard InChI is InChI=1S/C13H15NO3/c1-9(2)12(15)11(13(16)17-3)8-10-6-4-5-7-14-10/h4-9H,1-3H3. The Morgan fingerprint density at radius 1 is 1.35 bits per heavy atom. The van der Waals surface area contributed by atoms with Gasteiger partial charge >= 0.3 is 5.97 Å². The summed E-state index contributed by atoms with van der Waals surface area (Å²) in [4.78, 5) is 27.4. The number of pyridine rings is 1. The summed E-state index contributed by atoms with van der Waals surface area (Å²) in [6.07, 6.45) is 3.05. The second-order valence-corrected chi connectivity index (χ2v) is 3.82. The van der Waals surface area contributed by atoms with Crippen molar-refractivity contribution in [2.24, 2.45) is 5.92 Å². The fourth-order valence-corrected chi connectivity index (χ4v) is 1.26. The topological polar surface area (TPSA) is 56.3 Å². The van der Waals surface area contributed by atoms with Gasteiger partial charge in [-0.05, 0) is 18.2 Å². The Labute approximate surface area is 100 Å². The first-order valence-electron chi connectivity index (χ1n) is 5.31. The Bertz CT molecular complexity index is 435. The molecule has 0 aliphatic carbocycles. The Morgan fingerprint density at radius 3 is 2.53 bits per heavy atom. The second kappa shape index (κ2) is 5.94. The SMILES string of the molecule is COC(=O)C(=Cc1ccccn1)C(=O)C(C)C. The van der Waals surface area contributed by atoms with Crippen LogP contribution < -0.4 is 0 Å². The molecule has 0 aliphatic rings. The van der Waals surface area contributed by atoms with Gasteiger partial charge in [-0.1, -0.05) is 19.9 Å². The van der Waals surface area contributed by atoms with Gasteiger partial charge in [-0.25, -0.2) is 4.79 Å². The molecule has 4 heteroatoms. The maximum atomic E-state index is 11.9. The molecule has 1 heterocycles. The number of ketones is 1. The highest BCUT2D eigenvalue weighted by Gasteiger charge is 2.21. The van der Waals surface area contributed by atoms with E-state index in [9.17, 15) is 9.59 Å². The van der Waals surface area contributed by atoms with E-state index >= 15 is 0 Å². The molecule has 0 saturated carbocycles. The minimum atomic E-state index is -0.630. The number of esters is 1. The molecular weight excluding hydrogens is 218 g/mol. The molecule has 0 saturated heterocycles. The first kappa shape index (κ1) is 13.1. The summed E-state index contributed by atoms with van der Waals surface area (Å²) in [6.45, 7) is 3.47. The molecule has 0 aliphatic heterocycles. The van der Waals surface area contributed by atoms with Gasteiger partial charge in [-0.2, -0.15) is 0 Å². The summed E-state index contributed by atoms with van der Waals surface area (Å²) >= 11 is 0. The molecule has 0 amide bonds. The van der Waals surface area contributed by atoms with Gasteiger partial charge in [0.15, 0.2) is 5.78 Å². The van der Waals surface area contributed by atoms with E-state index in [0.29, 0.717) is 5.69 Å². The predicted octanol–water partition coefficient (Wildman–Crippen LogP) is 1.86. The van der Waals surface area contributed by atoms with Gasteiger partial charge in [-0.15, -0.1) is 0 Å². The van der Waals surface area contributed by atoms with Crippen LogP contribution in [0, 0.1) is 5.92 Å². The summed E-state index contributed by atoms with van der Waals surface area (Å²) < 4.78 is 4.60. The van der Waals surface area contributed by atoms with Crippen LogP contribution in [0.5, 0.6) is 0 Å². The smallest absolute Gasteiger partial charge is 0.341 e. The van der Waals surface area contributed by atoms with Crippen LogP contribution >= 0.6 is 0 Å².